The molecule has 0 saturated carbocycles. The van der Waals surface area contributed by atoms with E-state index in [1.807, 2.05) is 39.8 Å². The summed E-state index contributed by atoms with van der Waals surface area (Å²) in [7, 11) is -3.83. The van der Waals surface area contributed by atoms with Gasteiger partial charge in [0.15, 0.2) is 9.84 Å². The van der Waals surface area contributed by atoms with E-state index in [4.69, 9.17) is 0 Å². The molecule has 2 aromatic carbocycles. The Morgan fingerprint density at radius 2 is 1.42 bits per heavy atom. The Kier molecular flexibility index (Phi) is 9.25. The number of amides is 1. The highest BCUT2D eigenvalue weighted by atomic mass is 32.2. The number of nitrogens with one attached hydrogen (secondary N) is 1. The molecule has 1 heterocycles. The fourth-order valence-electron chi connectivity index (χ4n) is 5.60. The van der Waals surface area contributed by atoms with Crippen molar-refractivity contribution in [2.24, 2.45) is 0 Å². The number of hydroxylamine groups is 2. The van der Waals surface area contributed by atoms with Gasteiger partial charge in [0.05, 0.1) is 4.90 Å². The average molecular weight is 563 g/mol. The van der Waals surface area contributed by atoms with Crippen molar-refractivity contribution >= 4 is 26.8 Å². The Bertz CT molecular complexity index is 1240. The Balaban J connectivity index is 1.60. The molecule has 1 saturated heterocycles. The van der Waals surface area contributed by atoms with Crippen LogP contribution < -0.4 is 5.32 Å². The first-order chi connectivity index (χ1) is 17.5. The van der Waals surface area contributed by atoms with Crippen LogP contribution >= 0.6 is 0 Å². The Morgan fingerprint density at radius 3 is 1.87 bits per heavy atom. The molecular formula is C28H38N2O6S2-2. The highest BCUT2D eigenvalue weighted by Crippen LogP contribution is 2.37. The van der Waals surface area contributed by atoms with Crippen molar-refractivity contribution in [3.63, 3.8) is 0 Å². The maximum atomic E-state index is 12.9. The smallest absolute Gasteiger partial charge is 0.235 e. The second-order valence-corrected chi connectivity index (χ2v) is 14.7. The number of piperidine rings is 1. The Morgan fingerprint density at radius 1 is 0.974 bits per heavy atom. The number of carbonyl (C=O) groups is 1. The summed E-state index contributed by atoms with van der Waals surface area (Å²) in [5, 5.41) is 16.4. The van der Waals surface area contributed by atoms with Gasteiger partial charge in [-0.3, -0.25) is 9.00 Å². The van der Waals surface area contributed by atoms with Crippen molar-refractivity contribution in [2.75, 3.05) is 5.75 Å². The number of hydrogen-bond acceptors (Lipinski definition) is 7. The number of carbonyl (C=O) groups excluding carboxylic acids is 1. The summed E-state index contributed by atoms with van der Waals surface area (Å²) in [6.45, 7) is 11.4. The predicted molar refractivity (Wildman–Crippen MR) is 148 cm³/mol. The van der Waals surface area contributed by atoms with E-state index < -0.39 is 43.7 Å². The van der Waals surface area contributed by atoms with Crippen molar-refractivity contribution < 1.29 is 22.0 Å². The van der Waals surface area contributed by atoms with Crippen molar-refractivity contribution in [3.8, 4) is 0 Å². The first kappa shape index (κ1) is 30.4. The highest BCUT2D eigenvalue weighted by Gasteiger charge is 2.40. The molecule has 1 fully saturated rings. The third-order valence-corrected chi connectivity index (χ3v) is 9.72. The highest BCUT2D eigenvalue weighted by molar-refractivity contribution is 7.92. The molecular weight excluding hydrogens is 524 g/mol. The van der Waals surface area contributed by atoms with Gasteiger partial charge in [0.2, 0.25) is 5.91 Å². The normalized spacial score (nSPS) is 20.4. The van der Waals surface area contributed by atoms with Gasteiger partial charge in [-0.2, -0.15) is 0 Å². The van der Waals surface area contributed by atoms with Crippen LogP contribution in [0.2, 0.25) is 0 Å². The molecule has 0 spiro atoms. The van der Waals surface area contributed by atoms with Gasteiger partial charge in [-0.05, 0) is 105 Å². The minimum absolute atomic E-state index is 0.0906. The second-order valence-electron chi connectivity index (χ2n) is 11.8. The van der Waals surface area contributed by atoms with Gasteiger partial charge in [0.1, 0.15) is 5.75 Å². The minimum atomic E-state index is -3.83. The van der Waals surface area contributed by atoms with Gasteiger partial charge in [-0.15, -0.1) is 0 Å². The quantitative estimate of drug-likeness (QED) is 0.441. The zero-order valence-corrected chi connectivity index (χ0v) is 24.5. The van der Waals surface area contributed by atoms with Gasteiger partial charge in [0, 0.05) is 22.0 Å². The number of hydrogen-bond donors (Lipinski definition) is 1. The molecule has 8 nitrogen and oxygen atoms in total. The van der Waals surface area contributed by atoms with Gasteiger partial charge in [-0.1, -0.05) is 38.1 Å². The summed E-state index contributed by atoms with van der Waals surface area (Å²) in [5.41, 5.74) is 0.683. The van der Waals surface area contributed by atoms with Crippen LogP contribution in [-0.4, -0.2) is 51.0 Å². The van der Waals surface area contributed by atoms with Crippen LogP contribution in [0, 0.1) is 5.21 Å². The van der Waals surface area contributed by atoms with Crippen LogP contribution in [0.15, 0.2) is 58.3 Å². The summed E-state index contributed by atoms with van der Waals surface area (Å²) in [4.78, 5) is 13.0. The monoisotopic (exact) mass is 562 g/mol. The number of rotatable bonds is 9. The average Bonchev–Trinajstić information content (AvgIpc) is 2.81. The molecule has 0 bridgehead atoms. The maximum Gasteiger partial charge on any atom is 0.235 e. The summed E-state index contributed by atoms with van der Waals surface area (Å²) < 4.78 is 48.0. The molecule has 2 aromatic rings. The lowest BCUT2D eigenvalue weighted by molar-refractivity contribution is -0.120. The van der Waals surface area contributed by atoms with Crippen molar-refractivity contribution in [2.45, 2.75) is 99.6 Å². The van der Waals surface area contributed by atoms with E-state index in [0.29, 0.717) is 12.8 Å². The topological polar surface area (TPSA) is 130 Å². The summed E-state index contributed by atoms with van der Waals surface area (Å²) in [5.74, 6) is -0.910. The summed E-state index contributed by atoms with van der Waals surface area (Å²) in [6, 6.07) is 13.2. The predicted octanol–water partition coefficient (Wildman–Crippen LogP) is 4.63. The van der Waals surface area contributed by atoms with Crippen LogP contribution in [-0.2, 0) is 25.7 Å². The molecule has 1 N–H and O–H groups in total. The van der Waals surface area contributed by atoms with E-state index in [-0.39, 0.29) is 27.7 Å². The SMILES string of the molecule is CC(CC(C)c1ccc(S(=O)(=O)CC(=O)NC2CC(C)(C)N([O-])C(C)(C)C2)cc1)c1ccc(S(=O)[O-])cc1. The van der Waals surface area contributed by atoms with Crippen molar-refractivity contribution in [3.05, 3.63) is 64.9 Å². The van der Waals surface area contributed by atoms with Gasteiger partial charge >= 0.3 is 0 Å². The first-order valence-corrected chi connectivity index (χ1v) is 15.5. The number of benzene rings is 2. The van der Waals surface area contributed by atoms with Crippen molar-refractivity contribution in [1.82, 2.24) is 10.4 Å². The minimum Gasteiger partial charge on any atom is -0.784 e. The van der Waals surface area contributed by atoms with E-state index in [2.05, 4.69) is 19.2 Å². The fraction of sp³-hybridized carbons (Fsp3) is 0.536. The third-order valence-electron chi connectivity index (χ3n) is 7.43. The van der Waals surface area contributed by atoms with E-state index >= 15 is 0 Å². The second kappa shape index (κ2) is 11.6. The molecule has 3 unspecified atom stereocenters. The zero-order valence-electron chi connectivity index (χ0n) is 22.9. The first-order valence-electron chi connectivity index (χ1n) is 12.8. The third kappa shape index (κ3) is 7.30. The molecule has 10 heteroatoms. The molecule has 210 valence electrons. The molecule has 0 aliphatic carbocycles. The molecule has 3 atom stereocenters. The van der Waals surface area contributed by atoms with E-state index in [1.165, 1.54) is 0 Å². The molecule has 0 aromatic heterocycles. The Hall–Kier alpha value is -2.11. The van der Waals surface area contributed by atoms with E-state index in [1.54, 1.807) is 36.4 Å². The van der Waals surface area contributed by atoms with Crippen LogP contribution in [0.4, 0.5) is 0 Å². The summed E-state index contributed by atoms with van der Waals surface area (Å²) >= 11 is -2.25. The van der Waals surface area contributed by atoms with Crippen LogP contribution in [0.3, 0.4) is 0 Å². The van der Waals surface area contributed by atoms with Crippen LogP contribution in [0.1, 0.15) is 83.8 Å². The van der Waals surface area contributed by atoms with Crippen LogP contribution in [0.5, 0.6) is 0 Å². The van der Waals surface area contributed by atoms with E-state index in [0.717, 1.165) is 22.6 Å². The van der Waals surface area contributed by atoms with Crippen molar-refractivity contribution in [1.29, 1.82) is 0 Å². The molecule has 1 aliphatic heterocycles. The zero-order chi connectivity index (χ0) is 28.5. The van der Waals surface area contributed by atoms with Crippen LogP contribution in [0.25, 0.3) is 0 Å². The van der Waals surface area contributed by atoms with E-state index in [9.17, 15) is 27.2 Å². The standard InChI is InChI=1S/C28H39N2O6S2/c1-19(21-7-11-24(12-8-21)37(33)34)15-20(2)22-9-13-25(14-10-22)38(35,36)18-26(31)29-23-16-27(3,4)30(32)28(5,6)17-23/h7-14,19-20,23H,15-18H2,1-6H3,(H,29,31)(H,33,34)/q-1/p-1. The Labute approximate surface area is 229 Å². The molecule has 1 amide bonds. The fourth-order valence-corrected chi connectivity index (χ4v) is 7.11. The number of nitrogens with zero attached hydrogens (tertiary/aromatic N) is 1. The van der Waals surface area contributed by atoms with Gasteiger partial charge in [-0.25, -0.2) is 8.42 Å². The molecule has 3 rings (SSSR count). The molecule has 0 radical (unpaired) electrons. The molecule has 1 aliphatic rings. The number of sulfone groups is 1. The lowest BCUT2D eigenvalue weighted by Gasteiger charge is -2.60. The lowest BCUT2D eigenvalue weighted by Crippen LogP contribution is -2.62. The lowest BCUT2D eigenvalue weighted by atomic mass is 9.79. The van der Waals surface area contributed by atoms with Gasteiger partial charge in [0.25, 0.3) is 0 Å². The maximum absolute atomic E-state index is 12.9. The molecule has 38 heavy (non-hydrogen) atoms. The van der Waals surface area contributed by atoms with Gasteiger partial charge < -0.3 is 20.1 Å². The largest absolute Gasteiger partial charge is 0.784 e. The summed E-state index contributed by atoms with van der Waals surface area (Å²) in [6.07, 6.45) is 1.68.